The summed E-state index contributed by atoms with van der Waals surface area (Å²) in [5, 5.41) is 2.56. The second-order valence-electron chi connectivity index (χ2n) is 4.01. The lowest BCUT2D eigenvalue weighted by Crippen LogP contribution is -2.38. The van der Waals surface area contributed by atoms with E-state index in [4.69, 9.17) is 5.73 Å². The van der Waals surface area contributed by atoms with Crippen molar-refractivity contribution in [3.05, 3.63) is 0 Å². The van der Waals surface area contributed by atoms with Crippen molar-refractivity contribution >= 4 is 5.91 Å². The summed E-state index contributed by atoms with van der Waals surface area (Å²) in [5.74, 6) is -0.523. The number of carbonyl (C=O) groups is 1. The molecule has 2 atom stereocenters. The SMILES string of the molecule is CC(N)C(C)C(=O)NCCCCC(F)(F)F. The number of unbranched alkanes of at least 4 members (excludes halogenated alkanes) is 1. The molecule has 0 rings (SSSR count). The molecular weight excluding hydrogens is 221 g/mol. The Bertz CT molecular complexity index is 217. The minimum atomic E-state index is -4.11. The van der Waals surface area contributed by atoms with Crippen molar-refractivity contribution < 1.29 is 18.0 Å². The Morgan fingerprint density at radius 2 is 1.88 bits per heavy atom. The number of hydrogen-bond acceptors (Lipinski definition) is 2. The van der Waals surface area contributed by atoms with Gasteiger partial charge < -0.3 is 11.1 Å². The van der Waals surface area contributed by atoms with Crippen molar-refractivity contribution in [2.45, 2.75) is 45.3 Å². The molecule has 0 bridgehead atoms. The van der Waals surface area contributed by atoms with E-state index < -0.39 is 12.6 Å². The zero-order valence-corrected chi connectivity index (χ0v) is 9.60. The van der Waals surface area contributed by atoms with Gasteiger partial charge in [0.15, 0.2) is 0 Å². The Morgan fingerprint density at radius 1 is 1.31 bits per heavy atom. The molecule has 16 heavy (non-hydrogen) atoms. The average molecular weight is 240 g/mol. The third kappa shape index (κ3) is 7.50. The van der Waals surface area contributed by atoms with Crippen LogP contribution >= 0.6 is 0 Å². The summed E-state index contributed by atoms with van der Waals surface area (Å²) in [5.41, 5.74) is 5.51. The van der Waals surface area contributed by atoms with Crippen LogP contribution in [0.4, 0.5) is 13.2 Å². The van der Waals surface area contributed by atoms with Gasteiger partial charge >= 0.3 is 6.18 Å². The van der Waals surface area contributed by atoms with E-state index in [-0.39, 0.29) is 30.8 Å². The number of halogens is 3. The molecule has 0 aromatic carbocycles. The third-order valence-corrected chi connectivity index (χ3v) is 2.39. The number of alkyl halides is 3. The van der Waals surface area contributed by atoms with Gasteiger partial charge in [-0.2, -0.15) is 13.2 Å². The lowest BCUT2D eigenvalue weighted by Gasteiger charge is -2.15. The molecule has 0 saturated heterocycles. The van der Waals surface area contributed by atoms with E-state index in [1.807, 2.05) is 0 Å². The van der Waals surface area contributed by atoms with Gasteiger partial charge in [-0.1, -0.05) is 6.92 Å². The molecule has 0 fully saturated rings. The Kier molecular flexibility index (Phi) is 6.40. The lowest BCUT2D eigenvalue weighted by atomic mass is 10.0. The molecule has 6 heteroatoms. The predicted molar refractivity (Wildman–Crippen MR) is 55.7 cm³/mol. The summed E-state index contributed by atoms with van der Waals surface area (Å²) in [6.07, 6.45) is -4.54. The molecule has 0 aliphatic carbocycles. The van der Waals surface area contributed by atoms with Crippen LogP contribution in [0, 0.1) is 5.92 Å². The van der Waals surface area contributed by atoms with Crippen molar-refractivity contribution in [3.63, 3.8) is 0 Å². The first-order chi connectivity index (χ1) is 7.24. The molecule has 1 amide bonds. The van der Waals surface area contributed by atoms with E-state index in [0.717, 1.165) is 0 Å². The molecule has 0 aromatic rings. The quantitative estimate of drug-likeness (QED) is 0.696. The predicted octanol–water partition coefficient (Wildman–Crippen LogP) is 1.82. The van der Waals surface area contributed by atoms with Crippen molar-refractivity contribution in [2.24, 2.45) is 11.7 Å². The van der Waals surface area contributed by atoms with Crippen LogP contribution in [0.2, 0.25) is 0 Å². The second-order valence-corrected chi connectivity index (χ2v) is 4.01. The summed E-state index contributed by atoms with van der Waals surface area (Å²) < 4.78 is 35.3. The first-order valence-electron chi connectivity index (χ1n) is 5.34. The topological polar surface area (TPSA) is 55.1 Å². The molecule has 0 spiro atoms. The summed E-state index contributed by atoms with van der Waals surface area (Å²) in [6.45, 7) is 3.68. The van der Waals surface area contributed by atoms with Gasteiger partial charge in [-0.05, 0) is 19.8 Å². The van der Waals surface area contributed by atoms with Gasteiger partial charge in [0.1, 0.15) is 0 Å². The highest BCUT2D eigenvalue weighted by Gasteiger charge is 2.25. The molecule has 96 valence electrons. The summed E-state index contributed by atoms with van der Waals surface area (Å²) in [4.78, 5) is 11.3. The second kappa shape index (κ2) is 6.73. The first kappa shape index (κ1) is 15.2. The molecule has 0 aliphatic rings. The molecule has 0 saturated carbocycles. The third-order valence-electron chi connectivity index (χ3n) is 2.39. The Hall–Kier alpha value is -0.780. The highest BCUT2D eigenvalue weighted by Crippen LogP contribution is 2.21. The van der Waals surface area contributed by atoms with Gasteiger partial charge in [0.05, 0.1) is 0 Å². The number of rotatable bonds is 6. The van der Waals surface area contributed by atoms with Crippen molar-refractivity contribution in [1.82, 2.24) is 5.32 Å². The van der Waals surface area contributed by atoms with Crippen LogP contribution < -0.4 is 11.1 Å². The summed E-state index contributed by atoms with van der Waals surface area (Å²) >= 11 is 0. The average Bonchev–Trinajstić information content (AvgIpc) is 2.13. The molecule has 0 radical (unpaired) electrons. The standard InChI is InChI=1S/C10H19F3N2O/c1-7(8(2)14)9(16)15-6-4-3-5-10(11,12)13/h7-8H,3-6,14H2,1-2H3,(H,15,16). The fourth-order valence-electron chi connectivity index (χ4n) is 1.06. The van der Waals surface area contributed by atoms with Gasteiger partial charge in [0.2, 0.25) is 5.91 Å². The smallest absolute Gasteiger partial charge is 0.356 e. The van der Waals surface area contributed by atoms with Crippen LogP contribution in [-0.4, -0.2) is 24.7 Å². The number of hydrogen-bond donors (Lipinski definition) is 2. The van der Waals surface area contributed by atoms with Crippen LogP contribution in [0.1, 0.15) is 33.1 Å². The van der Waals surface area contributed by atoms with Gasteiger partial charge in [-0.25, -0.2) is 0 Å². The maximum absolute atomic E-state index is 11.8. The molecular formula is C10H19F3N2O. The Labute approximate surface area is 93.6 Å². The maximum atomic E-state index is 11.8. The number of nitrogens with one attached hydrogen (secondary N) is 1. The van der Waals surface area contributed by atoms with Crippen LogP contribution in [0.5, 0.6) is 0 Å². The fourth-order valence-corrected chi connectivity index (χ4v) is 1.06. The number of nitrogens with two attached hydrogens (primary N) is 1. The molecule has 0 aromatic heterocycles. The Balaban J connectivity index is 3.56. The van der Waals surface area contributed by atoms with Crippen molar-refractivity contribution in [3.8, 4) is 0 Å². The van der Waals surface area contributed by atoms with Gasteiger partial charge in [0, 0.05) is 24.9 Å². The Morgan fingerprint density at radius 3 is 2.31 bits per heavy atom. The summed E-state index contributed by atoms with van der Waals surface area (Å²) in [7, 11) is 0. The van der Waals surface area contributed by atoms with Crippen LogP contribution in [0.3, 0.4) is 0 Å². The largest absolute Gasteiger partial charge is 0.389 e. The first-order valence-corrected chi connectivity index (χ1v) is 5.34. The zero-order valence-electron chi connectivity index (χ0n) is 9.60. The zero-order chi connectivity index (χ0) is 12.8. The minimum absolute atomic E-state index is 0.0380. The van der Waals surface area contributed by atoms with Crippen molar-refractivity contribution in [1.29, 1.82) is 0 Å². The van der Waals surface area contributed by atoms with E-state index in [1.165, 1.54) is 0 Å². The van der Waals surface area contributed by atoms with E-state index in [1.54, 1.807) is 13.8 Å². The number of carbonyl (C=O) groups excluding carboxylic acids is 1. The van der Waals surface area contributed by atoms with Gasteiger partial charge in [-0.3, -0.25) is 4.79 Å². The number of amides is 1. The van der Waals surface area contributed by atoms with Gasteiger partial charge in [-0.15, -0.1) is 0 Å². The van der Waals surface area contributed by atoms with Crippen LogP contribution in [0.25, 0.3) is 0 Å². The van der Waals surface area contributed by atoms with Gasteiger partial charge in [0.25, 0.3) is 0 Å². The fraction of sp³-hybridized carbons (Fsp3) is 0.900. The van der Waals surface area contributed by atoms with E-state index in [2.05, 4.69) is 5.32 Å². The lowest BCUT2D eigenvalue weighted by molar-refractivity contribution is -0.135. The van der Waals surface area contributed by atoms with E-state index in [0.29, 0.717) is 6.42 Å². The highest BCUT2D eigenvalue weighted by molar-refractivity contribution is 5.78. The molecule has 0 heterocycles. The van der Waals surface area contributed by atoms with E-state index in [9.17, 15) is 18.0 Å². The molecule has 2 unspecified atom stereocenters. The normalized spacial score (nSPS) is 15.6. The minimum Gasteiger partial charge on any atom is -0.356 e. The molecule has 0 aliphatic heterocycles. The summed E-state index contributed by atoms with van der Waals surface area (Å²) in [6, 6.07) is -0.254. The molecule has 3 nitrogen and oxygen atoms in total. The van der Waals surface area contributed by atoms with Crippen LogP contribution in [-0.2, 0) is 4.79 Å². The highest BCUT2D eigenvalue weighted by atomic mass is 19.4. The van der Waals surface area contributed by atoms with E-state index >= 15 is 0 Å². The molecule has 3 N–H and O–H groups in total. The monoisotopic (exact) mass is 240 g/mol. The van der Waals surface area contributed by atoms with Crippen LogP contribution in [0.15, 0.2) is 0 Å². The van der Waals surface area contributed by atoms with Crippen molar-refractivity contribution in [2.75, 3.05) is 6.54 Å². The maximum Gasteiger partial charge on any atom is 0.389 e.